The Morgan fingerprint density at radius 2 is 1.88 bits per heavy atom. The monoisotopic (exact) mass is 448 g/mol. The van der Waals surface area contributed by atoms with Gasteiger partial charge in [0.15, 0.2) is 0 Å². The number of para-hydroxylation sites is 1. The van der Waals surface area contributed by atoms with E-state index in [1.54, 1.807) is 29.7 Å². The van der Waals surface area contributed by atoms with Crippen LogP contribution in [0.3, 0.4) is 0 Å². The molecular weight excluding hydrogens is 420 g/mol. The number of hydrogen-bond donors (Lipinski definition) is 4. The van der Waals surface area contributed by atoms with Crippen molar-refractivity contribution in [2.24, 2.45) is 5.92 Å². The summed E-state index contributed by atoms with van der Waals surface area (Å²) < 4.78 is 5.97. The first-order valence-corrected chi connectivity index (χ1v) is 11.0. The number of hydrogen-bond acceptors (Lipinski definition) is 6. The van der Waals surface area contributed by atoms with E-state index in [1.165, 1.54) is 0 Å². The fourth-order valence-corrected chi connectivity index (χ4v) is 4.44. The molecule has 172 valence electrons. The van der Waals surface area contributed by atoms with Gasteiger partial charge >= 0.3 is 0 Å². The number of amides is 2. The number of aromatic nitrogens is 1. The highest BCUT2D eigenvalue weighted by Crippen LogP contribution is 2.27. The van der Waals surface area contributed by atoms with E-state index in [0.717, 1.165) is 22.2 Å². The van der Waals surface area contributed by atoms with E-state index < -0.39 is 11.8 Å². The third-order valence-electron chi connectivity index (χ3n) is 6.18. The van der Waals surface area contributed by atoms with Crippen LogP contribution < -0.4 is 20.9 Å². The zero-order valence-electron chi connectivity index (χ0n) is 18.7. The average molecular weight is 449 g/mol. The third-order valence-corrected chi connectivity index (χ3v) is 6.18. The van der Waals surface area contributed by atoms with Gasteiger partial charge in [0.05, 0.1) is 11.4 Å². The minimum Gasteiger partial charge on any atom is -0.489 e. The van der Waals surface area contributed by atoms with Gasteiger partial charge in [-0.05, 0) is 63.2 Å². The number of nitrogens with zero attached hydrogens (tertiary/aromatic N) is 1. The maximum atomic E-state index is 12.8. The molecule has 3 aromatic rings. The van der Waals surface area contributed by atoms with Gasteiger partial charge in [-0.15, -0.1) is 0 Å². The lowest BCUT2D eigenvalue weighted by Crippen LogP contribution is -2.43. The summed E-state index contributed by atoms with van der Waals surface area (Å²) in [5.41, 5.74) is 5.10. The highest BCUT2D eigenvalue weighted by Gasteiger charge is 2.39. The Balaban J connectivity index is 1.40. The number of benzene rings is 2. The van der Waals surface area contributed by atoms with Crippen molar-refractivity contribution in [3.63, 3.8) is 0 Å². The van der Waals surface area contributed by atoms with Crippen LogP contribution in [0.2, 0.25) is 0 Å². The second kappa shape index (κ2) is 9.97. The van der Waals surface area contributed by atoms with E-state index in [2.05, 4.69) is 15.6 Å². The zero-order chi connectivity index (χ0) is 23.4. The first-order valence-electron chi connectivity index (χ1n) is 11.0. The smallest absolute Gasteiger partial charge is 0.251 e. The molecule has 8 nitrogen and oxygen atoms in total. The molecule has 4 rings (SSSR count). The van der Waals surface area contributed by atoms with Crippen LogP contribution >= 0.6 is 0 Å². The van der Waals surface area contributed by atoms with Crippen molar-refractivity contribution < 1.29 is 19.5 Å². The van der Waals surface area contributed by atoms with Crippen LogP contribution in [-0.4, -0.2) is 41.1 Å². The number of ether oxygens (including phenoxy) is 1. The molecule has 3 atom stereocenters. The summed E-state index contributed by atoms with van der Waals surface area (Å²) in [5, 5.41) is 16.1. The Bertz CT molecular complexity index is 1150. The van der Waals surface area contributed by atoms with Crippen molar-refractivity contribution in [3.05, 3.63) is 71.4 Å². The molecule has 0 saturated heterocycles. The normalized spacial score (nSPS) is 19.9. The van der Waals surface area contributed by atoms with Gasteiger partial charge in [-0.1, -0.05) is 18.2 Å². The second-order valence-electron chi connectivity index (χ2n) is 8.37. The highest BCUT2D eigenvalue weighted by atomic mass is 16.5. The zero-order valence-corrected chi connectivity index (χ0v) is 18.7. The van der Waals surface area contributed by atoms with Crippen LogP contribution in [0.5, 0.6) is 5.75 Å². The van der Waals surface area contributed by atoms with E-state index in [4.69, 9.17) is 9.94 Å². The Labute approximate surface area is 192 Å². The van der Waals surface area contributed by atoms with Crippen molar-refractivity contribution in [1.29, 1.82) is 0 Å². The van der Waals surface area contributed by atoms with Gasteiger partial charge in [0.2, 0.25) is 5.91 Å². The van der Waals surface area contributed by atoms with Crippen LogP contribution in [0.1, 0.15) is 34.5 Å². The summed E-state index contributed by atoms with van der Waals surface area (Å²) in [4.78, 5) is 29.3. The number of carbonyl (C=O) groups excluding carboxylic acids is 2. The molecule has 3 unspecified atom stereocenters. The summed E-state index contributed by atoms with van der Waals surface area (Å²) in [6.07, 6.45) is 1.16. The van der Waals surface area contributed by atoms with Crippen molar-refractivity contribution in [3.8, 4) is 5.75 Å². The maximum Gasteiger partial charge on any atom is 0.251 e. The van der Waals surface area contributed by atoms with Crippen molar-refractivity contribution in [2.75, 3.05) is 7.05 Å². The molecule has 1 saturated carbocycles. The molecule has 1 aliphatic rings. The van der Waals surface area contributed by atoms with Gasteiger partial charge < -0.3 is 15.4 Å². The summed E-state index contributed by atoms with van der Waals surface area (Å²) >= 11 is 0. The lowest BCUT2D eigenvalue weighted by molar-refractivity contribution is -0.133. The minimum absolute atomic E-state index is 0.0984. The largest absolute Gasteiger partial charge is 0.489 e. The van der Waals surface area contributed by atoms with E-state index in [9.17, 15) is 9.59 Å². The molecule has 33 heavy (non-hydrogen) atoms. The molecule has 2 amide bonds. The fraction of sp³-hybridized carbons (Fsp3) is 0.320. The lowest BCUT2D eigenvalue weighted by atomic mass is 10.0. The Hall–Kier alpha value is -3.49. The number of aryl methyl sites for hydroxylation is 1. The molecule has 2 aromatic carbocycles. The predicted molar refractivity (Wildman–Crippen MR) is 124 cm³/mol. The van der Waals surface area contributed by atoms with Gasteiger partial charge in [-0.3, -0.25) is 19.8 Å². The molecule has 1 fully saturated rings. The summed E-state index contributed by atoms with van der Waals surface area (Å²) in [5.74, 6) is -0.591. The van der Waals surface area contributed by atoms with Crippen molar-refractivity contribution >= 4 is 22.7 Å². The molecule has 8 heteroatoms. The number of nitrogens with one attached hydrogen (secondary N) is 3. The van der Waals surface area contributed by atoms with Gasteiger partial charge in [-0.2, -0.15) is 0 Å². The minimum atomic E-state index is -0.488. The molecular formula is C25H28N4O4. The van der Waals surface area contributed by atoms with E-state index in [-0.39, 0.29) is 18.0 Å². The van der Waals surface area contributed by atoms with E-state index >= 15 is 0 Å². The molecule has 1 heterocycles. The number of carbonyl (C=O) groups is 2. The van der Waals surface area contributed by atoms with Crippen molar-refractivity contribution in [2.45, 2.75) is 38.5 Å². The van der Waals surface area contributed by atoms with Gasteiger partial charge in [0.1, 0.15) is 12.4 Å². The number of rotatable bonds is 7. The topological polar surface area (TPSA) is 113 Å². The summed E-state index contributed by atoms with van der Waals surface area (Å²) in [7, 11) is 1.82. The standard InChI is InChI=1S/C25H28N4O4/c1-15-11-17(20-5-3-4-6-22(20)27-15)14-33-19-9-7-16(8-10-19)24(30)28-23-13-18(26-2)12-21(23)25(31)29-32/h3-11,18,21,23,26,32H,12-14H2,1-2H3,(H,28,30)(H,29,31). The van der Waals surface area contributed by atoms with E-state index in [1.807, 2.05) is 44.3 Å². The first-order chi connectivity index (χ1) is 16.0. The SMILES string of the molecule is CNC1CC(NC(=O)c2ccc(OCc3cc(C)nc4ccccc34)cc2)C(C(=O)NO)C1. The second-order valence-corrected chi connectivity index (χ2v) is 8.37. The van der Waals surface area contributed by atoms with Crippen molar-refractivity contribution in [1.82, 2.24) is 21.1 Å². The Kier molecular flexibility index (Phi) is 6.86. The molecule has 0 spiro atoms. The van der Waals surface area contributed by atoms with Crippen LogP contribution in [0.15, 0.2) is 54.6 Å². The van der Waals surface area contributed by atoms with Crippen LogP contribution in [-0.2, 0) is 11.4 Å². The fourth-order valence-electron chi connectivity index (χ4n) is 4.44. The third kappa shape index (κ3) is 5.13. The van der Waals surface area contributed by atoms with Gasteiger partial charge in [0.25, 0.3) is 5.91 Å². The number of fused-ring (bicyclic) bond motifs is 1. The number of hydroxylamine groups is 1. The predicted octanol–water partition coefficient (Wildman–Crippen LogP) is 2.72. The lowest BCUT2D eigenvalue weighted by Gasteiger charge is -2.19. The van der Waals surface area contributed by atoms with Crippen LogP contribution in [0.25, 0.3) is 10.9 Å². The molecule has 1 aliphatic carbocycles. The van der Waals surface area contributed by atoms with E-state index in [0.29, 0.717) is 30.8 Å². The van der Waals surface area contributed by atoms with Gasteiger partial charge in [-0.25, -0.2) is 5.48 Å². The van der Waals surface area contributed by atoms with Crippen LogP contribution in [0, 0.1) is 12.8 Å². The summed E-state index contributed by atoms with van der Waals surface area (Å²) in [6, 6.07) is 16.6. The highest BCUT2D eigenvalue weighted by molar-refractivity contribution is 5.95. The average Bonchev–Trinajstić information content (AvgIpc) is 3.25. The maximum absolute atomic E-state index is 12.8. The Morgan fingerprint density at radius 3 is 2.61 bits per heavy atom. The molecule has 1 aromatic heterocycles. The van der Waals surface area contributed by atoms with Crippen LogP contribution in [0.4, 0.5) is 0 Å². The number of pyridine rings is 1. The Morgan fingerprint density at radius 1 is 1.12 bits per heavy atom. The first kappa shape index (κ1) is 22.7. The summed E-state index contributed by atoms with van der Waals surface area (Å²) in [6.45, 7) is 2.35. The molecule has 0 radical (unpaired) electrons. The quantitative estimate of drug-likeness (QED) is 0.327. The molecule has 4 N–H and O–H groups in total. The molecule has 0 aliphatic heterocycles. The molecule has 0 bridgehead atoms. The van der Waals surface area contributed by atoms with Gasteiger partial charge in [0, 0.05) is 34.3 Å².